The van der Waals surface area contributed by atoms with Crippen LogP contribution in [-0.4, -0.2) is 56.1 Å². The maximum absolute atomic E-state index is 12.9. The zero-order valence-corrected chi connectivity index (χ0v) is 19.9. The summed E-state index contributed by atoms with van der Waals surface area (Å²) in [4.78, 5) is 27.0. The van der Waals surface area contributed by atoms with Gasteiger partial charge in [-0.3, -0.25) is 9.59 Å². The lowest BCUT2D eigenvalue weighted by atomic mass is 9.96. The third kappa shape index (κ3) is 5.37. The van der Waals surface area contributed by atoms with Crippen molar-refractivity contribution in [3.8, 4) is 0 Å². The molecule has 0 unspecified atom stereocenters. The zero-order valence-electron chi connectivity index (χ0n) is 19.1. The topological polar surface area (TPSA) is 86.8 Å². The van der Waals surface area contributed by atoms with Gasteiger partial charge in [-0.2, -0.15) is 4.31 Å². The highest BCUT2D eigenvalue weighted by molar-refractivity contribution is 7.89. The summed E-state index contributed by atoms with van der Waals surface area (Å²) in [6, 6.07) is 12.6. The van der Waals surface area contributed by atoms with E-state index in [1.165, 1.54) is 9.21 Å². The van der Waals surface area contributed by atoms with Crippen LogP contribution in [0.5, 0.6) is 0 Å². The van der Waals surface area contributed by atoms with Gasteiger partial charge in [-0.15, -0.1) is 0 Å². The van der Waals surface area contributed by atoms with Crippen LogP contribution in [-0.2, 0) is 19.6 Å². The van der Waals surface area contributed by atoms with Gasteiger partial charge in [-0.05, 0) is 56.9 Å². The van der Waals surface area contributed by atoms with Crippen LogP contribution in [0.15, 0.2) is 47.4 Å². The number of benzene rings is 2. The third-order valence-corrected chi connectivity index (χ3v) is 7.88. The molecule has 2 aromatic rings. The van der Waals surface area contributed by atoms with E-state index in [2.05, 4.69) is 5.32 Å². The second kappa shape index (κ2) is 9.83. The minimum absolute atomic E-state index is 0.0471. The van der Waals surface area contributed by atoms with Crippen LogP contribution in [0.2, 0.25) is 0 Å². The fourth-order valence-electron chi connectivity index (χ4n) is 4.00. The summed E-state index contributed by atoms with van der Waals surface area (Å²) < 4.78 is 27.2. The van der Waals surface area contributed by atoms with E-state index >= 15 is 0 Å². The Morgan fingerprint density at radius 1 is 1.00 bits per heavy atom. The molecular formula is C24H31N3O4S. The second-order valence-corrected chi connectivity index (χ2v) is 10.4. The molecular weight excluding hydrogens is 426 g/mol. The molecule has 1 heterocycles. The molecule has 0 saturated carbocycles. The number of hydrogen-bond donors (Lipinski definition) is 1. The molecule has 8 heteroatoms. The number of likely N-dealkylation sites (N-methyl/N-ethyl adjacent to an activating group) is 1. The number of nitrogens with zero attached hydrogens (tertiary/aromatic N) is 2. The van der Waals surface area contributed by atoms with Crippen LogP contribution in [0.25, 0.3) is 0 Å². The van der Waals surface area contributed by atoms with E-state index in [1.807, 2.05) is 39.0 Å². The van der Waals surface area contributed by atoms with Gasteiger partial charge >= 0.3 is 0 Å². The van der Waals surface area contributed by atoms with Gasteiger partial charge in [0.2, 0.25) is 21.8 Å². The van der Waals surface area contributed by atoms with Gasteiger partial charge < -0.3 is 10.2 Å². The number of amides is 2. The first-order valence-electron chi connectivity index (χ1n) is 10.8. The molecule has 0 atom stereocenters. The lowest BCUT2D eigenvalue weighted by Crippen LogP contribution is -2.45. The molecule has 172 valence electrons. The van der Waals surface area contributed by atoms with Gasteiger partial charge in [0, 0.05) is 31.7 Å². The van der Waals surface area contributed by atoms with Crippen molar-refractivity contribution >= 4 is 27.5 Å². The summed E-state index contributed by atoms with van der Waals surface area (Å²) in [5.74, 6) is -0.677. The summed E-state index contributed by atoms with van der Waals surface area (Å²) in [5.41, 5.74) is 3.70. The van der Waals surface area contributed by atoms with Gasteiger partial charge in [0.1, 0.15) is 0 Å². The molecule has 0 spiro atoms. The van der Waals surface area contributed by atoms with E-state index in [9.17, 15) is 18.0 Å². The minimum Gasteiger partial charge on any atom is -0.336 e. The Morgan fingerprint density at radius 3 is 2.12 bits per heavy atom. The maximum Gasteiger partial charge on any atom is 0.243 e. The largest absolute Gasteiger partial charge is 0.336 e. The summed E-state index contributed by atoms with van der Waals surface area (Å²) in [6.07, 6.45) is 0.875. The number of para-hydroxylation sites is 1. The van der Waals surface area contributed by atoms with Crippen LogP contribution in [0.1, 0.15) is 29.5 Å². The maximum atomic E-state index is 12.9. The average Bonchev–Trinajstić information content (AvgIpc) is 2.76. The number of sulfonamides is 1. The number of carbonyl (C=O) groups is 2. The highest BCUT2D eigenvalue weighted by Crippen LogP contribution is 2.25. The van der Waals surface area contributed by atoms with Crippen molar-refractivity contribution in [3.05, 3.63) is 59.2 Å². The van der Waals surface area contributed by atoms with E-state index in [0.717, 1.165) is 22.4 Å². The summed E-state index contributed by atoms with van der Waals surface area (Å²) >= 11 is 0. The molecule has 1 N–H and O–H groups in total. The molecule has 1 aliphatic rings. The van der Waals surface area contributed by atoms with Crippen LogP contribution in [0.3, 0.4) is 0 Å². The molecule has 7 nitrogen and oxygen atoms in total. The highest BCUT2D eigenvalue weighted by atomic mass is 32.2. The summed E-state index contributed by atoms with van der Waals surface area (Å²) in [7, 11) is -1.95. The Bertz CT molecular complexity index is 1070. The molecule has 1 aliphatic heterocycles. The van der Waals surface area contributed by atoms with E-state index in [1.54, 1.807) is 31.3 Å². The van der Waals surface area contributed by atoms with Crippen molar-refractivity contribution in [2.45, 2.75) is 38.5 Å². The van der Waals surface area contributed by atoms with E-state index < -0.39 is 10.0 Å². The third-order valence-electron chi connectivity index (χ3n) is 5.96. The fraction of sp³-hybridized carbons (Fsp3) is 0.417. The molecule has 0 aromatic heterocycles. The highest BCUT2D eigenvalue weighted by Gasteiger charge is 2.33. The predicted octanol–water partition coefficient (Wildman–Crippen LogP) is 3.11. The number of anilines is 1. The predicted molar refractivity (Wildman–Crippen MR) is 125 cm³/mol. The summed E-state index contributed by atoms with van der Waals surface area (Å²) in [6.45, 7) is 6.29. The smallest absolute Gasteiger partial charge is 0.243 e. The first-order chi connectivity index (χ1) is 15.1. The van der Waals surface area contributed by atoms with Gasteiger partial charge in [0.05, 0.1) is 11.4 Å². The average molecular weight is 458 g/mol. The number of nitrogens with one attached hydrogen (secondary N) is 1. The van der Waals surface area contributed by atoms with Crippen LogP contribution < -0.4 is 5.32 Å². The van der Waals surface area contributed by atoms with Crippen molar-refractivity contribution in [2.24, 2.45) is 5.92 Å². The fourth-order valence-corrected chi connectivity index (χ4v) is 5.47. The standard InChI is InChI=1S/C24H31N3O4S/c1-17-8-10-21(11-9-17)32(30,31)27-14-12-20(13-15-27)24(29)26(4)16-22(28)25-23-18(2)6-5-7-19(23)3/h5-11,20H,12-16H2,1-4H3,(H,25,28). The Morgan fingerprint density at radius 2 is 1.56 bits per heavy atom. The molecule has 2 aromatic carbocycles. The summed E-state index contributed by atoms with van der Waals surface area (Å²) in [5, 5.41) is 2.90. The van der Waals surface area contributed by atoms with Crippen molar-refractivity contribution in [1.82, 2.24) is 9.21 Å². The Balaban J connectivity index is 1.55. The first kappa shape index (κ1) is 23.9. The molecule has 0 aliphatic carbocycles. The zero-order chi connectivity index (χ0) is 23.5. The van der Waals surface area contributed by atoms with E-state index in [-0.39, 0.29) is 42.3 Å². The van der Waals surface area contributed by atoms with Crippen molar-refractivity contribution in [3.63, 3.8) is 0 Å². The van der Waals surface area contributed by atoms with Crippen molar-refractivity contribution < 1.29 is 18.0 Å². The molecule has 32 heavy (non-hydrogen) atoms. The Hall–Kier alpha value is -2.71. The van der Waals surface area contributed by atoms with Crippen molar-refractivity contribution in [2.75, 3.05) is 32.0 Å². The van der Waals surface area contributed by atoms with Crippen molar-refractivity contribution in [1.29, 1.82) is 0 Å². The number of carbonyl (C=O) groups excluding carboxylic acids is 2. The Labute approximate surface area is 190 Å². The number of hydrogen-bond acceptors (Lipinski definition) is 4. The van der Waals surface area contributed by atoms with Gasteiger partial charge in [-0.25, -0.2) is 8.42 Å². The quantitative estimate of drug-likeness (QED) is 0.722. The second-order valence-electron chi connectivity index (χ2n) is 8.50. The van der Waals surface area contributed by atoms with Gasteiger partial charge in [0.15, 0.2) is 0 Å². The molecule has 2 amide bonds. The van der Waals surface area contributed by atoms with Gasteiger partial charge in [0.25, 0.3) is 0 Å². The lowest BCUT2D eigenvalue weighted by molar-refractivity contribution is -0.138. The number of aryl methyl sites for hydroxylation is 3. The molecule has 0 bridgehead atoms. The van der Waals surface area contributed by atoms with Crippen LogP contribution in [0.4, 0.5) is 5.69 Å². The lowest BCUT2D eigenvalue weighted by Gasteiger charge is -2.32. The molecule has 1 fully saturated rings. The monoisotopic (exact) mass is 457 g/mol. The van der Waals surface area contributed by atoms with Crippen LogP contribution >= 0.6 is 0 Å². The molecule has 0 radical (unpaired) electrons. The Kier molecular flexibility index (Phi) is 7.36. The normalized spacial score (nSPS) is 15.4. The number of piperidine rings is 1. The van der Waals surface area contributed by atoms with Crippen LogP contribution in [0, 0.1) is 26.7 Å². The molecule has 3 rings (SSSR count). The molecule has 1 saturated heterocycles. The number of rotatable bonds is 6. The van der Waals surface area contributed by atoms with E-state index in [0.29, 0.717) is 12.8 Å². The van der Waals surface area contributed by atoms with E-state index in [4.69, 9.17) is 0 Å². The first-order valence-corrected chi connectivity index (χ1v) is 12.2. The van der Waals surface area contributed by atoms with Gasteiger partial charge in [-0.1, -0.05) is 35.9 Å². The SMILES string of the molecule is Cc1ccc(S(=O)(=O)N2CCC(C(=O)N(C)CC(=O)Nc3c(C)cccc3C)CC2)cc1. The minimum atomic E-state index is -3.57.